The van der Waals surface area contributed by atoms with E-state index in [-0.39, 0.29) is 48.6 Å². The molecule has 152 valence electrons. The van der Waals surface area contributed by atoms with E-state index in [0.29, 0.717) is 6.54 Å². The van der Waals surface area contributed by atoms with Crippen LogP contribution in [0.2, 0.25) is 0 Å². The third-order valence-corrected chi connectivity index (χ3v) is 7.79. The fourth-order valence-corrected chi connectivity index (χ4v) is 6.27. The summed E-state index contributed by atoms with van der Waals surface area (Å²) in [7, 11) is 0. The van der Waals surface area contributed by atoms with Gasteiger partial charge in [0.2, 0.25) is 17.7 Å². The number of benzene rings is 1. The predicted molar refractivity (Wildman–Crippen MR) is 110 cm³/mol. The lowest BCUT2D eigenvalue weighted by molar-refractivity contribution is -0.141. The van der Waals surface area contributed by atoms with Gasteiger partial charge in [-0.3, -0.25) is 19.3 Å². The van der Waals surface area contributed by atoms with Gasteiger partial charge >= 0.3 is 0 Å². The van der Waals surface area contributed by atoms with E-state index in [9.17, 15) is 14.4 Å². The number of likely N-dealkylation sites (tertiary alicyclic amines) is 2. The normalized spacial score (nSPS) is 27.1. The van der Waals surface area contributed by atoms with Crippen molar-refractivity contribution < 1.29 is 14.4 Å². The van der Waals surface area contributed by atoms with Crippen molar-refractivity contribution in [3.05, 3.63) is 29.3 Å². The van der Waals surface area contributed by atoms with Gasteiger partial charge in [-0.2, -0.15) is 0 Å². The van der Waals surface area contributed by atoms with Crippen LogP contribution in [-0.4, -0.2) is 45.6 Å². The SMILES string of the molecule is O=C1[C@@H]2CCCC[C@H]2C(=O)N1CCC(=O)N1CCC[C@H]1c1nc2ccccc2s1. The average Bonchev–Trinajstić information content (AvgIpc) is 3.44. The zero-order valence-corrected chi connectivity index (χ0v) is 17.2. The molecule has 6 nitrogen and oxygen atoms in total. The van der Waals surface area contributed by atoms with Crippen LogP contribution in [0, 0.1) is 11.8 Å². The second kappa shape index (κ2) is 7.52. The van der Waals surface area contributed by atoms with Gasteiger partial charge in [-0.05, 0) is 37.8 Å². The first-order chi connectivity index (χ1) is 14.1. The molecule has 0 N–H and O–H groups in total. The summed E-state index contributed by atoms with van der Waals surface area (Å²) < 4.78 is 1.14. The summed E-state index contributed by atoms with van der Waals surface area (Å²) in [5, 5.41) is 0.983. The Hall–Kier alpha value is -2.28. The summed E-state index contributed by atoms with van der Waals surface area (Å²) in [6, 6.07) is 8.05. The number of carbonyl (C=O) groups is 3. The number of hydrogen-bond acceptors (Lipinski definition) is 5. The van der Waals surface area contributed by atoms with Crippen LogP contribution in [0.4, 0.5) is 0 Å². The Kier molecular flexibility index (Phi) is 4.86. The highest BCUT2D eigenvalue weighted by Gasteiger charge is 2.48. The Morgan fingerprint density at radius 1 is 1.03 bits per heavy atom. The van der Waals surface area contributed by atoms with Gasteiger partial charge in [0.25, 0.3) is 0 Å². The minimum Gasteiger partial charge on any atom is -0.333 e. The molecule has 0 radical (unpaired) electrons. The van der Waals surface area contributed by atoms with Crippen LogP contribution in [-0.2, 0) is 14.4 Å². The summed E-state index contributed by atoms with van der Waals surface area (Å²) >= 11 is 1.65. The Morgan fingerprint density at radius 3 is 2.48 bits per heavy atom. The highest BCUT2D eigenvalue weighted by molar-refractivity contribution is 7.18. The van der Waals surface area contributed by atoms with Crippen molar-refractivity contribution in [3.63, 3.8) is 0 Å². The molecule has 2 aromatic rings. The molecule has 29 heavy (non-hydrogen) atoms. The first-order valence-electron chi connectivity index (χ1n) is 10.6. The number of fused-ring (bicyclic) bond motifs is 2. The van der Waals surface area contributed by atoms with Crippen LogP contribution < -0.4 is 0 Å². The van der Waals surface area contributed by atoms with E-state index in [1.54, 1.807) is 11.3 Å². The van der Waals surface area contributed by atoms with Gasteiger partial charge < -0.3 is 4.90 Å². The number of carbonyl (C=O) groups excluding carboxylic acids is 3. The van der Waals surface area contributed by atoms with Crippen LogP contribution >= 0.6 is 11.3 Å². The first-order valence-corrected chi connectivity index (χ1v) is 11.5. The molecule has 0 bridgehead atoms. The number of aromatic nitrogens is 1. The number of nitrogens with zero attached hydrogens (tertiary/aromatic N) is 3. The molecule has 5 rings (SSSR count). The second-order valence-electron chi connectivity index (χ2n) is 8.34. The zero-order chi connectivity index (χ0) is 20.0. The number of imide groups is 1. The summed E-state index contributed by atoms with van der Waals surface area (Å²) in [5.74, 6) is -0.391. The van der Waals surface area contributed by atoms with Crippen LogP contribution in [0.1, 0.15) is 56.0 Å². The van der Waals surface area contributed by atoms with Crippen molar-refractivity contribution in [1.82, 2.24) is 14.8 Å². The van der Waals surface area contributed by atoms with Gasteiger partial charge in [-0.25, -0.2) is 4.98 Å². The highest BCUT2D eigenvalue weighted by atomic mass is 32.1. The maximum absolute atomic E-state index is 13.0. The molecule has 0 spiro atoms. The fraction of sp³-hybridized carbons (Fsp3) is 0.545. The zero-order valence-electron chi connectivity index (χ0n) is 16.4. The molecule has 3 fully saturated rings. The minimum atomic E-state index is -0.145. The van der Waals surface area contributed by atoms with Crippen molar-refractivity contribution in [3.8, 4) is 0 Å². The largest absolute Gasteiger partial charge is 0.333 e. The maximum Gasteiger partial charge on any atom is 0.233 e. The van der Waals surface area contributed by atoms with Crippen LogP contribution in [0.3, 0.4) is 0 Å². The molecule has 1 aromatic carbocycles. The van der Waals surface area contributed by atoms with Gasteiger partial charge in [0, 0.05) is 19.5 Å². The summed E-state index contributed by atoms with van der Waals surface area (Å²) in [5.41, 5.74) is 0.975. The highest BCUT2D eigenvalue weighted by Crippen LogP contribution is 2.39. The molecule has 2 saturated heterocycles. The fourth-order valence-electron chi connectivity index (χ4n) is 5.16. The standard InChI is InChI=1S/C22H25N3O3S/c26-19(11-13-25-21(27)14-6-1-2-7-15(14)22(25)28)24-12-5-9-17(24)20-23-16-8-3-4-10-18(16)29-20/h3-4,8,10,14-15,17H,1-2,5-7,9,11-13H2/t14-,15-,17+/m1/s1. The summed E-state index contributed by atoms with van der Waals surface area (Å²) in [6.45, 7) is 0.930. The van der Waals surface area contributed by atoms with Crippen molar-refractivity contribution >= 4 is 39.3 Å². The number of para-hydroxylation sites is 1. The topological polar surface area (TPSA) is 70.6 Å². The number of thiazole rings is 1. The van der Waals surface area contributed by atoms with E-state index in [0.717, 1.165) is 53.7 Å². The van der Waals surface area contributed by atoms with E-state index in [4.69, 9.17) is 4.98 Å². The Labute approximate surface area is 173 Å². The third kappa shape index (κ3) is 3.25. The molecule has 3 aliphatic rings. The molecule has 3 amide bonds. The van der Waals surface area contributed by atoms with E-state index in [1.807, 2.05) is 23.1 Å². The number of hydrogen-bond donors (Lipinski definition) is 0. The first kappa shape index (κ1) is 18.7. The molecule has 3 atom stereocenters. The summed E-state index contributed by atoms with van der Waals surface area (Å²) in [6.07, 6.45) is 5.74. The Balaban J connectivity index is 1.26. The second-order valence-corrected chi connectivity index (χ2v) is 9.40. The van der Waals surface area contributed by atoms with E-state index >= 15 is 0 Å². The van der Waals surface area contributed by atoms with Crippen molar-refractivity contribution in [2.24, 2.45) is 11.8 Å². The lowest BCUT2D eigenvalue weighted by atomic mass is 9.81. The average molecular weight is 412 g/mol. The lowest BCUT2D eigenvalue weighted by Gasteiger charge is -2.24. The molecule has 1 aromatic heterocycles. The van der Waals surface area contributed by atoms with Crippen molar-refractivity contribution in [2.75, 3.05) is 13.1 Å². The van der Waals surface area contributed by atoms with Gasteiger partial charge in [-0.15, -0.1) is 11.3 Å². The Morgan fingerprint density at radius 2 is 1.76 bits per heavy atom. The number of amides is 3. The van der Waals surface area contributed by atoms with Crippen LogP contribution in [0.15, 0.2) is 24.3 Å². The van der Waals surface area contributed by atoms with E-state index in [1.165, 1.54) is 4.90 Å². The van der Waals surface area contributed by atoms with Crippen LogP contribution in [0.5, 0.6) is 0 Å². The molecule has 2 aliphatic heterocycles. The smallest absolute Gasteiger partial charge is 0.233 e. The van der Waals surface area contributed by atoms with Crippen molar-refractivity contribution in [2.45, 2.75) is 51.0 Å². The molecular weight excluding hydrogens is 386 g/mol. The monoisotopic (exact) mass is 411 g/mol. The molecule has 0 unspecified atom stereocenters. The minimum absolute atomic E-state index is 0.00691. The van der Waals surface area contributed by atoms with E-state index < -0.39 is 0 Å². The van der Waals surface area contributed by atoms with Crippen LogP contribution in [0.25, 0.3) is 10.2 Å². The summed E-state index contributed by atoms with van der Waals surface area (Å²) in [4.78, 5) is 46.3. The third-order valence-electron chi connectivity index (χ3n) is 6.65. The molecule has 3 heterocycles. The van der Waals surface area contributed by atoms with E-state index in [2.05, 4.69) is 6.07 Å². The van der Waals surface area contributed by atoms with Gasteiger partial charge in [-0.1, -0.05) is 25.0 Å². The van der Waals surface area contributed by atoms with Gasteiger partial charge in [0.15, 0.2) is 0 Å². The molecule has 7 heteroatoms. The number of rotatable bonds is 4. The predicted octanol–water partition coefficient (Wildman–Crippen LogP) is 3.53. The van der Waals surface area contributed by atoms with Gasteiger partial charge in [0.1, 0.15) is 5.01 Å². The van der Waals surface area contributed by atoms with Gasteiger partial charge in [0.05, 0.1) is 28.1 Å². The maximum atomic E-state index is 13.0. The van der Waals surface area contributed by atoms with Crippen molar-refractivity contribution in [1.29, 1.82) is 0 Å². The Bertz CT molecular complexity index is 914. The quantitative estimate of drug-likeness (QED) is 0.722. The lowest BCUT2D eigenvalue weighted by Crippen LogP contribution is -2.37. The molecule has 1 saturated carbocycles. The molecule has 1 aliphatic carbocycles. The molecular formula is C22H25N3O3S.